The van der Waals surface area contributed by atoms with Gasteiger partial charge < -0.3 is 30.3 Å². The van der Waals surface area contributed by atoms with Crippen LogP contribution in [0.3, 0.4) is 0 Å². The summed E-state index contributed by atoms with van der Waals surface area (Å²) in [4.78, 5) is 91.9. The van der Waals surface area contributed by atoms with Gasteiger partial charge >= 0.3 is 12.0 Å². The van der Waals surface area contributed by atoms with Gasteiger partial charge in [-0.05, 0) is 48.6 Å². The molecule has 2 aliphatic heterocycles. The molecule has 6 atom stereocenters. The van der Waals surface area contributed by atoms with Gasteiger partial charge in [-0.3, -0.25) is 29.0 Å². The number of ether oxygens (including phenoxy) is 1. The number of likely N-dealkylation sites (tertiary alicyclic amines) is 1. The molecule has 1 fully saturated rings. The van der Waals surface area contributed by atoms with Crippen LogP contribution in [0.5, 0.6) is 0 Å². The minimum Gasteiger partial charge on any atom is -0.444 e. The highest BCUT2D eigenvalue weighted by Gasteiger charge is 2.51. The number of Topliss-reactive ketones (excluding diaryl/α,β-unsaturated/α-hetero) is 2. The first kappa shape index (κ1) is 44.8. The zero-order valence-electron chi connectivity index (χ0n) is 33.6. The van der Waals surface area contributed by atoms with Crippen LogP contribution >= 0.6 is 0 Å². The van der Waals surface area contributed by atoms with E-state index in [1.807, 2.05) is 29.6 Å². The molecule has 0 bridgehead atoms. The SMILES string of the molecule is CCC[C@H](CC(=O)[C@@H]1C[C@@H](OC(=O)N2CCc3ccccc3C2)CN1C(=O)[C@@H](NC(=O)[C@@H](CC(=O)c1cnccn1)C(C)C)C(C)C)C(O)C(F)(F)C(=O)NCC. The highest BCUT2D eigenvalue weighted by molar-refractivity contribution is 5.98. The van der Waals surface area contributed by atoms with E-state index in [9.17, 15) is 33.9 Å². The first-order valence-corrected chi connectivity index (χ1v) is 19.8. The van der Waals surface area contributed by atoms with E-state index in [0.717, 1.165) is 11.1 Å². The average molecular weight is 799 g/mol. The third-order valence-corrected chi connectivity index (χ3v) is 10.8. The molecule has 312 valence electrons. The second-order valence-corrected chi connectivity index (χ2v) is 15.6. The summed E-state index contributed by atoms with van der Waals surface area (Å²) in [6.07, 6.45) is -0.0454. The summed E-state index contributed by atoms with van der Waals surface area (Å²) in [6.45, 7) is 10.5. The number of benzene rings is 1. The fraction of sp³-hybridized carbons (Fsp3) is 0.610. The number of aliphatic hydroxyl groups excluding tert-OH is 1. The van der Waals surface area contributed by atoms with Crippen molar-refractivity contribution >= 4 is 35.4 Å². The topological polar surface area (TPSA) is 188 Å². The van der Waals surface area contributed by atoms with Crippen LogP contribution in [0.15, 0.2) is 42.9 Å². The minimum absolute atomic E-state index is 0.0219. The summed E-state index contributed by atoms with van der Waals surface area (Å²) in [7, 11) is 0. The number of aliphatic hydroxyl groups is 1. The number of rotatable bonds is 18. The number of aromatic nitrogens is 2. The number of carbonyl (C=O) groups is 6. The van der Waals surface area contributed by atoms with Crippen molar-refractivity contribution in [3.8, 4) is 0 Å². The van der Waals surface area contributed by atoms with Crippen LogP contribution in [-0.4, -0.2) is 110 Å². The molecule has 16 heteroatoms. The molecule has 0 aliphatic carbocycles. The van der Waals surface area contributed by atoms with E-state index in [2.05, 4.69) is 15.3 Å². The summed E-state index contributed by atoms with van der Waals surface area (Å²) in [6, 6.07) is 5.27. The van der Waals surface area contributed by atoms with E-state index in [1.54, 1.807) is 34.6 Å². The maximum Gasteiger partial charge on any atom is 0.410 e. The normalized spacial score (nSPS) is 19.0. The predicted octanol–water partition coefficient (Wildman–Crippen LogP) is 4.13. The zero-order chi connectivity index (χ0) is 42.0. The molecule has 1 aromatic heterocycles. The van der Waals surface area contributed by atoms with Crippen LogP contribution in [0, 0.1) is 23.7 Å². The fourth-order valence-corrected chi connectivity index (χ4v) is 7.48. The first-order chi connectivity index (χ1) is 27.0. The minimum atomic E-state index is -4.19. The van der Waals surface area contributed by atoms with E-state index >= 15 is 8.78 Å². The summed E-state index contributed by atoms with van der Waals surface area (Å²) < 4.78 is 36.1. The van der Waals surface area contributed by atoms with E-state index in [4.69, 9.17) is 4.74 Å². The first-order valence-electron chi connectivity index (χ1n) is 19.8. The lowest BCUT2D eigenvalue weighted by Gasteiger charge is -2.33. The Hall–Kier alpha value is -4.86. The number of hydrogen-bond acceptors (Lipinski definition) is 10. The van der Waals surface area contributed by atoms with Crippen molar-refractivity contribution in [3.63, 3.8) is 0 Å². The zero-order valence-corrected chi connectivity index (χ0v) is 33.6. The fourth-order valence-electron chi connectivity index (χ4n) is 7.48. The van der Waals surface area contributed by atoms with Gasteiger partial charge in [0.25, 0.3) is 5.91 Å². The van der Waals surface area contributed by atoms with Crippen LogP contribution in [0.1, 0.15) is 95.3 Å². The Morgan fingerprint density at radius 3 is 2.32 bits per heavy atom. The average Bonchev–Trinajstić information content (AvgIpc) is 3.61. The molecule has 2 aliphatic rings. The van der Waals surface area contributed by atoms with E-state index in [-0.39, 0.29) is 44.0 Å². The van der Waals surface area contributed by atoms with Crippen molar-refractivity contribution in [3.05, 3.63) is 59.7 Å². The van der Waals surface area contributed by atoms with E-state index < -0.39 is 89.8 Å². The number of nitrogens with zero attached hydrogens (tertiary/aromatic N) is 4. The van der Waals surface area contributed by atoms with Crippen LogP contribution in [-0.2, 0) is 36.9 Å². The van der Waals surface area contributed by atoms with Crippen molar-refractivity contribution in [2.24, 2.45) is 23.7 Å². The molecule has 0 saturated carbocycles. The van der Waals surface area contributed by atoms with Crippen molar-refractivity contribution in [1.29, 1.82) is 0 Å². The van der Waals surface area contributed by atoms with Crippen LogP contribution in [0.25, 0.3) is 0 Å². The molecule has 2 aromatic rings. The number of ketones is 2. The molecule has 4 rings (SSSR count). The van der Waals surface area contributed by atoms with Crippen molar-refractivity contribution in [1.82, 2.24) is 30.4 Å². The van der Waals surface area contributed by atoms with Crippen molar-refractivity contribution in [2.45, 2.75) is 117 Å². The molecule has 1 aromatic carbocycles. The second-order valence-electron chi connectivity index (χ2n) is 15.6. The molecule has 57 heavy (non-hydrogen) atoms. The highest BCUT2D eigenvalue weighted by Crippen LogP contribution is 2.33. The van der Waals surface area contributed by atoms with E-state index in [0.29, 0.717) is 25.9 Å². The van der Waals surface area contributed by atoms with Gasteiger partial charge in [0, 0.05) is 57.2 Å². The third kappa shape index (κ3) is 11.2. The van der Waals surface area contributed by atoms with Gasteiger partial charge in [0.2, 0.25) is 11.8 Å². The smallest absolute Gasteiger partial charge is 0.410 e. The van der Waals surface area contributed by atoms with Gasteiger partial charge in [-0.1, -0.05) is 65.3 Å². The van der Waals surface area contributed by atoms with Gasteiger partial charge in [-0.2, -0.15) is 8.78 Å². The van der Waals surface area contributed by atoms with Crippen molar-refractivity contribution in [2.75, 3.05) is 19.6 Å². The highest BCUT2D eigenvalue weighted by atomic mass is 19.3. The van der Waals surface area contributed by atoms with Gasteiger partial charge in [0.05, 0.1) is 18.8 Å². The molecule has 3 heterocycles. The number of amides is 4. The molecule has 0 spiro atoms. The lowest BCUT2D eigenvalue weighted by Crippen LogP contribution is -2.55. The Bertz CT molecular complexity index is 1740. The van der Waals surface area contributed by atoms with E-state index in [1.165, 1.54) is 35.3 Å². The quantitative estimate of drug-likeness (QED) is 0.185. The summed E-state index contributed by atoms with van der Waals surface area (Å²) in [5, 5.41) is 15.6. The molecule has 1 unspecified atom stereocenters. The lowest BCUT2D eigenvalue weighted by atomic mass is 9.86. The summed E-state index contributed by atoms with van der Waals surface area (Å²) in [5.41, 5.74) is 2.18. The van der Waals surface area contributed by atoms with Crippen LogP contribution in [0.4, 0.5) is 13.6 Å². The number of nitrogens with one attached hydrogen (secondary N) is 2. The number of fused-ring (bicyclic) bond motifs is 1. The molecule has 4 amide bonds. The van der Waals surface area contributed by atoms with Crippen molar-refractivity contribution < 1.29 is 47.4 Å². The number of halogens is 2. The second kappa shape index (κ2) is 20.0. The Kier molecular flexibility index (Phi) is 15.8. The number of hydrogen-bond donors (Lipinski definition) is 3. The van der Waals surface area contributed by atoms with Gasteiger partial charge in [0.15, 0.2) is 11.6 Å². The summed E-state index contributed by atoms with van der Waals surface area (Å²) in [5.74, 6) is -11.2. The molecule has 1 saturated heterocycles. The maximum absolute atomic E-state index is 15.1. The molecule has 14 nitrogen and oxygen atoms in total. The monoisotopic (exact) mass is 798 g/mol. The molecule has 3 N–H and O–H groups in total. The third-order valence-electron chi connectivity index (χ3n) is 10.8. The number of alkyl halides is 2. The maximum atomic E-state index is 15.1. The predicted molar refractivity (Wildman–Crippen MR) is 205 cm³/mol. The summed E-state index contributed by atoms with van der Waals surface area (Å²) >= 11 is 0. The van der Waals surface area contributed by atoms with Crippen LogP contribution < -0.4 is 10.6 Å². The molecular formula is C41H56F2N6O8. The lowest BCUT2D eigenvalue weighted by molar-refractivity contribution is -0.171. The Morgan fingerprint density at radius 1 is 1.00 bits per heavy atom. The van der Waals surface area contributed by atoms with Crippen LogP contribution in [0.2, 0.25) is 0 Å². The van der Waals surface area contributed by atoms with Gasteiger partial charge in [-0.15, -0.1) is 0 Å². The van der Waals surface area contributed by atoms with Gasteiger partial charge in [0.1, 0.15) is 23.9 Å². The van der Waals surface area contributed by atoms with Gasteiger partial charge in [-0.25, -0.2) is 9.78 Å². The Balaban J connectivity index is 1.59. The number of carbonyl (C=O) groups excluding carboxylic acids is 6. The standard InChI is InChI=1S/C41H56F2N6O8/c1-7-11-27(36(52)41(42,43)39(55)45-8-2)18-34(51)32-19-29(57-40(56)48-17-14-26-12-9-10-13-28(26)22-48)23-49(32)38(54)35(25(5)6)47-37(53)30(24(3)4)20-33(50)31-21-44-15-16-46-31/h9-10,12-13,15-16,21,24-25,27,29-30,32,35-36,52H,7-8,11,14,17-20,22-23H2,1-6H3,(H,45,55)(H,47,53)/t27-,29-,30+,32+,35+,36?/m1/s1. The molecule has 0 radical (unpaired) electrons. The largest absolute Gasteiger partial charge is 0.444 e. The Labute approximate surface area is 332 Å². The molecular weight excluding hydrogens is 742 g/mol. The Morgan fingerprint density at radius 2 is 1.70 bits per heavy atom.